The van der Waals surface area contributed by atoms with E-state index in [9.17, 15) is 14.4 Å². The van der Waals surface area contributed by atoms with Gasteiger partial charge in [0.2, 0.25) is 0 Å². The van der Waals surface area contributed by atoms with Crippen LogP contribution in [0.5, 0.6) is 0 Å². The molecule has 1 aliphatic heterocycles. The maximum Gasteiger partial charge on any atom is 0.409 e. The van der Waals surface area contributed by atoms with Gasteiger partial charge in [0.05, 0.1) is 29.7 Å². The number of rotatable bonds is 7. The third kappa shape index (κ3) is 5.93. The molecule has 0 bridgehead atoms. The van der Waals surface area contributed by atoms with Gasteiger partial charge in [0, 0.05) is 48.0 Å². The monoisotopic (exact) mass is 546 g/mol. The molecule has 1 aliphatic rings. The Morgan fingerprint density at radius 1 is 1.10 bits per heavy atom. The quantitative estimate of drug-likeness (QED) is 0.312. The minimum Gasteiger partial charge on any atom is -0.453 e. The smallest absolute Gasteiger partial charge is 0.409 e. The first kappa shape index (κ1) is 26.4. The second kappa shape index (κ2) is 11.6. The Kier molecular flexibility index (Phi) is 7.87. The van der Waals surface area contributed by atoms with Crippen LogP contribution in [0.25, 0.3) is 22.0 Å². The number of H-pyrrole nitrogens is 1. The summed E-state index contributed by atoms with van der Waals surface area (Å²) in [5, 5.41) is 15.9. The first-order chi connectivity index (χ1) is 18.9. The molecule has 0 spiro atoms. The molecule has 1 fully saturated rings. The molecule has 10 nitrogen and oxygen atoms in total. The molecule has 1 atom stereocenters. The van der Waals surface area contributed by atoms with Crippen molar-refractivity contribution < 1.29 is 19.1 Å². The van der Waals surface area contributed by atoms with Gasteiger partial charge < -0.3 is 20.3 Å². The number of thiophene rings is 1. The third-order valence-electron chi connectivity index (χ3n) is 7.00. The minimum atomic E-state index is -0.334. The van der Waals surface area contributed by atoms with Crippen molar-refractivity contribution in [1.29, 1.82) is 0 Å². The highest BCUT2D eigenvalue weighted by Crippen LogP contribution is 2.28. The van der Waals surface area contributed by atoms with Crippen LogP contribution in [-0.4, -0.2) is 64.2 Å². The maximum atomic E-state index is 13.0. The van der Waals surface area contributed by atoms with Crippen molar-refractivity contribution in [3.8, 4) is 11.1 Å². The van der Waals surface area contributed by atoms with Crippen molar-refractivity contribution in [2.45, 2.75) is 38.3 Å². The van der Waals surface area contributed by atoms with Crippen LogP contribution in [0.15, 0.2) is 54.3 Å². The summed E-state index contributed by atoms with van der Waals surface area (Å²) in [6.07, 6.45) is 6.95. The number of aromatic nitrogens is 3. The van der Waals surface area contributed by atoms with E-state index < -0.39 is 0 Å². The highest BCUT2D eigenvalue weighted by Gasteiger charge is 2.25. The molecule has 3 N–H and O–H groups in total. The molecule has 0 saturated carbocycles. The van der Waals surface area contributed by atoms with Crippen molar-refractivity contribution in [1.82, 2.24) is 30.7 Å². The van der Waals surface area contributed by atoms with Crippen LogP contribution in [-0.2, 0) is 4.74 Å². The molecular formula is C28H30N6O4S. The number of carbonyl (C=O) groups is 3. The summed E-state index contributed by atoms with van der Waals surface area (Å²) in [5.74, 6) is -0.289. The Morgan fingerprint density at radius 2 is 1.92 bits per heavy atom. The van der Waals surface area contributed by atoms with Crippen LogP contribution in [0.4, 0.5) is 4.79 Å². The molecule has 4 aromatic rings. The zero-order chi connectivity index (χ0) is 27.4. The number of methoxy groups -OCH3 is 1. The van der Waals surface area contributed by atoms with Gasteiger partial charge in [-0.15, -0.1) is 11.3 Å². The van der Waals surface area contributed by atoms with Crippen molar-refractivity contribution in [3.05, 3.63) is 70.3 Å². The molecule has 1 unspecified atom stereocenters. The number of likely N-dealkylation sites (tertiary alicyclic amines) is 1. The molecule has 39 heavy (non-hydrogen) atoms. The van der Waals surface area contributed by atoms with Gasteiger partial charge in [0.15, 0.2) is 0 Å². The van der Waals surface area contributed by atoms with Gasteiger partial charge in [-0.1, -0.05) is 6.92 Å². The topological polar surface area (TPSA) is 129 Å². The van der Waals surface area contributed by atoms with Gasteiger partial charge in [0.1, 0.15) is 0 Å². The van der Waals surface area contributed by atoms with E-state index in [-0.39, 0.29) is 30.0 Å². The number of amides is 3. The van der Waals surface area contributed by atoms with Crippen molar-refractivity contribution in [2.75, 3.05) is 20.2 Å². The number of benzene rings is 1. The second-order valence-electron chi connectivity index (χ2n) is 9.52. The summed E-state index contributed by atoms with van der Waals surface area (Å²) in [6.45, 7) is 3.12. The number of nitrogens with zero attached hydrogens (tertiary/aromatic N) is 3. The number of hydrogen-bond acceptors (Lipinski definition) is 7. The largest absolute Gasteiger partial charge is 0.453 e. The van der Waals surface area contributed by atoms with E-state index in [0.29, 0.717) is 42.8 Å². The highest BCUT2D eigenvalue weighted by molar-refractivity contribution is 7.12. The van der Waals surface area contributed by atoms with E-state index in [4.69, 9.17) is 4.74 Å². The van der Waals surface area contributed by atoms with Gasteiger partial charge in [-0.3, -0.25) is 19.7 Å². The van der Waals surface area contributed by atoms with Gasteiger partial charge in [-0.25, -0.2) is 4.79 Å². The van der Waals surface area contributed by atoms with E-state index in [1.54, 1.807) is 29.6 Å². The Bertz CT molecular complexity index is 1490. The molecular weight excluding hydrogens is 516 g/mol. The van der Waals surface area contributed by atoms with E-state index in [0.717, 1.165) is 27.6 Å². The number of pyridine rings is 1. The van der Waals surface area contributed by atoms with Crippen molar-refractivity contribution in [3.63, 3.8) is 0 Å². The Hall–Kier alpha value is -4.25. The molecule has 202 valence electrons. The molecule has 11 heteroatoms. The fourth-order valence-corrected chi connectivity index (χ4v) is 5.57. The van der Waals surface area contributed by atoms with Crippen LogP contribution in [0.3, 0.4) is 0 Å². The van der Waals surface area contributed by atoms with Crippen LogP contribution in [0, 0.1) is 0 Å². The maximum absolute atomic E-state index is 13.0. The van der Waals surface area contributed by atoms with E-state index in [2.05, 4.69) is 25.8 Å². The Morgan fingerprint density at radius 3 is 2.69 bits per heavy atom. The normalized spacial score (nSPS) is 14.7. The van der Waals surface area contributed by atoms with Crippen LogP contribution >= 0.6 is 11.3 Å². The molecule has 0 radical (unpaired) electrons. The standard InChI is InChI=1S/C28H30N6O4S/c1-3-23(32-26(35)17-4-5-24-20(10-17)15-30-33-24)19-11-18(13-29-14-19)21-12-25(39-16-21)27(36)31-22-6-8-34(9-7-22)28(37)38-2/h4-5,10-16,22-23H,3,6-9H2,1-2H3,(H,30,33)(H,31,36)(H,32,35). The molecule has 1 saturated heterocycles. The fourth-order valence-electron chi connectivity index (χ4n) is 4.75. The number of aromatic amines is 1. The zero-order valence-corrected chi connectivity index (χ0v) is 22.6. The zero-order valence-electron chi connectivity index (χ0n) is 21.8. The number of carbonyl (C=O) groups excluding carboxylic acids is 3. The fraction of sp³-hybridized carbons (Fsp3) is 0.321. The summed E-state index contributed by atoms with van der Waals surface area (Å²) in [5.41, 5.74) is 4.11. The lowest BCUT2D eigenvalue weighted by Gasteiger charge is -2.31. The van der Waals surface area contributed by atoms with Crippen molar-refractivity contribution in [2.24, 2.45) is 0 Å². The molecule has 5 rings (SSSR count). The van der Waals surface area contributed by atoms with E-state index >= 15 is 0 Å². The SMILES string of the molecule is CCC(NC(=O)c1ccc2[nH]ncc2c1)c1cncc(-c2csc(C(=O)NC3CCN(C(=O)OC)CC3)c2)c1. The predicted molar refractivity (Wildman–Crippen MR) is 149 cm³/mol. The summed E-state index contributed by atoms with van der Waals surface area (Å²) in [4.78, 5) is 44.2. The predicted octanol–water partition coefficient (Wildman–Crippen LogP) is 4.53. The number of nitrogens with one attached hydrogen (secondary N) is 3. The number of piperidine rings is 1. The Balaban J connectivity index is 1.23. The van der Waals surface area contributed by atoms with Crippen LogP contribution < -0.4 is 10.6 Å². The lowest BCUT2D eigenvalue weighted by molar-refractivity contribution is 0.0893. The third-order valence-corrected chi connectivity index (χ3v) is 7.93. The average Bonchev–Trinajstić information content (AvgIpc) is 3.66. The molecule has 1 aromatic carbocycles. The first-order valence-electron chi connectivity index (χ1n) is 12.9. The van der Waals surface area contributed by atoms with Crippen LogP contribution in [0.2, 0.25) is 0 Å². The molecule has 0 aliphatic carbocycles. The first-order valence-corrected chi connectivity index (χ1v) is 13.7. The molecule has 3 amide bonds. The van der Waals surface area contributed by atoms with Gasteiger partial charge in [0.25, 0.3) is 11.8 Å². The highest BCUT2D eigenvalue weighted by atomic mass is 32.1. The summed E-state index contributed by atoms with van der Waals surface area (Å²) in [7, 11) is 1.37. The van der Waals surface area contributed by atoms with Gasteiger partial charge in [-0.05, 0) is 66.1 Å². The van der Waals surface area contributed by atoms with Gasteiger partial charge in [-0.2, -0.15) is 5.10 Å². The number of fused-ring (bicyclic) bond motifs is 1. The van der Waals surface area contributed by atoms with Gasteiger partial charge >= 0.3 is 6.09 Å². The summed E-state index contributed by atoms with van der Waals surface area (Å²) >= 11 is 1.38. The van der Waals surface area contributed by atoms with E-state index in [1.165, 1.54) is 18.4 Å². The van der Waals surface area contributed by atoms with Crippen molar-refractivity contribution >= 4 is 40.1 Å². The number of hydrogen-bond donors (Lipinski definition) is 3. The van der Waals surface area contributed by atoms with E-state index in [1.807, 2.05) is 36.6 Å². The Labute approximate surface area is 229 Å². The lowest BCUT2D eigenvalue weighted by Crippen LogP contribution is -2.46. The lowest BCUT2D eigenvalue weighted by atomic mass is 10.0. The summed E-state index contributed by atoms with van der Waals surface area (Å²) in [6, 6.07) is 9.10. The number of ether oxygens (including phenoxy) is 1. The van der Waals surface area contributed by atoms with Crippen LogP contribution in [0.1, 0.15) is 57.8 Å². The second-order valence-corrected chi connectivity index (χ2v) is 10.4. The molecule has 4 heterocycles. The summed E-state index contributed by atoms with van der Waals surface area (Å²) < 4.78 is 4.77. The molecule has 3 aromatic heterocycles. The average molecular weight is 547 g/mol. The minimum absolute atomic E-state index is 0.0112.